The van der Waals surface area contributed by atoms with Crippen LogP contribution in [0.4, 0.5) is 0 Å². The van der Waals surface area contributed by atoms with Gasteiger partial charge in [0.1, 0.15) is 0 Å². The highest BCUT2D eigenvalue weighted by Gasteiger charge is 2.03. The highest BCUT2D eigenvalue weighted by Crippen LogP contribution is 2.26. The molecule has 0 atom stereocenters. The molecule has 0 bridgehead atoms. The van der Waals surface area contributed by atoms with Gasteiger partial charge in [0.2, 0.25) is 0 Å². The first-order chi connectivity index (χ1) is 8.63. The average molecular weight is 253 g/mol. The summed E-state index contributed by atoms with van der Waals surface area (Å²) in [6.45, 7) is 3.64. The second kappa shape index (κ2) is 7.55. The third-order valence-electron chi connectivity index (χ3n) is 2.40. The summed E-state index contributed by atoms with van der Waals surface area (Å²) in [6, 6.07) is 5.18. The smallest absolute Gasteiger partial charge is 0.303 e. The number of nitrogens with one attached hydrogen (secondary N) is 1. The molecule has 0 aliphatic heterocycles. The Morgan fingerprint density at radius 1 is 1.44 bits per heavy atom. The van der Waals surface area contributed by atoms with Gasteiger partial charge in [0.25, 0.3) is 0 Å². The molecule has 0 aromatic heterocycles. The minimum Gasteiger partial charge on any atom is -0.504 e. The Hall–Kier alpha value is -1.75. The van der Waals surface area contributed by atoms with Crippen molar-refractivity contribution in [2.24, 2.45) is 0 Å². The largest absolute Gasteiger partial charge is 0.504 e. The molecule has 5 nitrogen and oxygen atoms in total. The van der Waals surface area contributed by atoms with Crippen LogP contribution in [0, 0.1) is 0 Å². The van der Waals surface area contributed by atoms with Crippen molar-refractivity contribution in [1.29, 1.82) is 0 Å². The van der Waals surface area contributed by atoms with E-state index in [1.54, 1.807) is 12.1 Å². The number of phenols is 1. The molecule has 1 aromatic carbocycles. The zero-order valence-corrected chi connectivity index (χ0v) is 10.5. The Bertz CT molecular complexity index is 393. The van der Waals surface area contributed by atoms with E-state index < -0.39 is 5.97 Å². The SMILES string of the molecule is CCOc1cc(CNCCCC(=O)O)ccc1O. The first-order valence-corrected chi connectivity index (χ1v) is 6.00. The number of ether oxygens (including phenoxy) is 1. The molecule has 18 heavy (non-hydrogen) atoms. The summed E-state index contributed by atoms with van der Waals surface area (Å²) in [4.78, 5) is 10.3. The molecular formula is C13H19NO4. The number of benzene rings is 1. The van der Waals surface area contributed by atoms with Gasteiger partial charge >= 0.3 is 5.97 Å². The number of carboxylic acids is 1. The van der Waals surface area contributed by atoms with E-state index in [9.17, 15) is 9.90 Å². The number of hydrogen-bond donors (Lipinski definition) is 3. The predicted molar refractivity (Wildman–Crippen MR) is 67.9 cm³/mol. The third kappa shape index (κ3) is 5.05. The standard InChI is InChI=1S/C13H19NO4/c1-2-18-12-8-10(5-6-11(12)15)9-14-7-3-4-13(16)17/h5-6,8,14-15H,2-4,7,9H2,1H3,(H,16,17). The van der Waals surface area contributed by atoms with Crippen LogP contribution in [0.5, 0.6) is 11.5 Å². The van der Waals surface area contributed by atoms with Crippen LogP contribution in [0.25, 0.3) is 0 Å². The van der Waals surface area contributed by atoms with Crippen LogP contribution >= 0.6 is 0 Å². The third-order valence-corrected chi connectivity index (χ3v) is 2.40. The molecule has 1 aromatic rings. The number of aromatic hydroxyl groups is 1. The van der Waals surface area contributed by atoms with Crippen molar-refractivity contribution < 1.29 is 19.7 Å². The van der Waals surface area contributed by atoms with Crippen LogP contribution < -0.4 is 10.1 Å². The van der Waals surface area contributed by atoms with Gasteiger partial charge < -0.3 is 20.3 Å². The minimum atomic E-state index is -0.778. The molecular weight excluding hydrogens is 234 g/mol. The van der Waals surface area contributed by atoms with Crippen molar-refractivity contribution in [1.82, 2.24) is 5.32 Å². The maximum atomic E-state index is 10.3. The van der Waals surface area contributed by atoms with E-state index in [-0.39, 0.29) is 12.2 Å². The number of carboxylic acid groups (broad SMARTS) is 1. The molecule has 0 heterocycles. The highest BCUT2D eigenvalue weighted by atomic mass is 16.5. The summed E-state index contributed by atoms with van der Waals surface area (Å²) >= 11 is 0. The predicted octanol–water partition coefficient (Wildman–Crippen LogP) is 1.75. The molecule has 0 saturated heterocycles. The number of carbonyl (C=O) groups is 1. The fourth-order valence-electron chi connectivity index (χ4n) is 1.54. The normalized spacial score (nSPS) is 10.3. The fraction of sp³-hybridized carbons (Fsp3) is 0.462. The summed E-state index contributed by atoms with van der Waals surface area (Å²) in [6.07, 6.45) is 0.776. The second-order valence-corrected chi connectivity index (χ2v) is 3.91. The Kier molecular flexibility index (Phi) is 6.00. The van der Waals surface area contributed by atoms with Gasteiger partial charge in [-0.05, 0) is 37.6 Å². The van der Waals surface area contributed by atoms with E-state index in [1.165, 1.54) is 0 Å². The van der Waals surface area contributed by atoms with E-state index >= 15 is 0 Å². The van der Waals surface area contributed by atoms with Gasteiger partial charge in [-0.1, -0.05) is 6.07 Å². The molecule has 3 N–H and O–H groups in total. The number of hydrogen-bond acceptors (Lipinski definition) is 4. The number of phenolic OH excluding ortho intramolecular Hbond substituents is 1. The van der Waals surface area contributed by atoms with Crippen molar-refractivity contribution in [2.75, 3.05) is 13.2 Å². The maximum Gasteiger partial charge on any atom is 0.303 e. The van der Waals surface area contributed by atoms with Crippen LogP contribution in [-0.4, -0.2) is 29.3 Å². The number of rotatable bonds is 8. The van der Waals surface area contributed by atoms with Crippen molar-refractivity contribution in [3.05, 3.63) is 23.8 Å². The van der Waals surface area contributed by atoms with Crippen molar-refractivity contribution in [3.63, 3.8) is 0 Å². The molecule has 1 rings (SSSR count). The summed E-state index contributed by atoms with van der Waals surface area (Å²) in [5.74, 6) is -0.172. The molecule has 0 aliphatic rings. The van der Waals surface area contributed by atoms with Crippen molar-refractivity contribution >= 4 is 5.97 Å². The number of aliphatic carboxylic acids is 1. The van der Waals surface area contributed by atoms with Crippen molar-refractivity contribution in [2.45, 2.75) is 26.3 Å². The lowest BCUT2D eigenvalue weighted by Gasteiger charge is -2.09. The Balaban J connectivity index is 2.38. The lowest BCUT2D eigenvalue weighted by molar-refractivity contribution is -0.137. The molecule has 0 spiro atoms. The van der Waals surface area contributed by atoms with Gasteiger partial charge in [-0.3, -0.25) is 4.79 Å². The van der Waals surface area contributed by atoms with Gasteiger partial charge in [0, 0.05) is 13.0 Å². The first kappa shape index (κ1) is 14.3. The van der Waals surface area contributed by atoms with Crippen LogP contribution in [-0.2, 0) is 11.3 Å². The molecule has 0 fully saturated rings. The Morgan fingerprint density at radius 3 is 2.89 bits per heavy atom. The van der Waals surface area contributed by atoms with E-state index in [4.69, 9.17) is 9.84 Å². The Labute approximate surface area is 106 Å². The lowest BCUT2D eigenvalue weighted by atomic mass is 10.2. The van der Waals surface area contributed by atoms with Crippen LogP contribution in [0.3, 0.4) is 0 Å². The molecule has 0 aliphatic carbocycles. The summed E-state index contributed by atoms with van der Waals surface area (Å²) in [5, 5.41) is 21.2. The molecule has 100 valence electrons. The van der Waals surface area contributed by atoms with Gasteiger partial charge in [-0.25, -0.2) is 0 Å². The fourth-order valence-corrected chi connectivity index (χ4v) is 1.54. The molecule has 0 radical (unpaired) electrons. The minimum absolute atomic E-state index is 0.131. The molecule has 5 heteroatoms. The Morgan fingerprint density at radius 2 is 2.22 bits per heavy atom. The summed E-state index contributed by atoms with van der Waals surface area (Å²) in [7, 11) is 0. The summed E-state index contributed by atoms with van der Waals surface area (Å²) < 4.78 is 5.28. The van der Waals surface area contributed by atoms with Crippen LogP contribution in [0.1, 0.15) is 25.3 Å². The molecule has 0 unspecified atom stereocenters. The lowest BCUT2D eigenvalue weighted by Crippen LogP contribution is -2.15. The second-order valence-electron chi connectivity index (χ2n) is 3.91. The quantitative estimate of drug-likeness (QED) is 0.615. The first-order valence-electron chi connectivity index (χ1n) is 6.00. The average Bonchev–Trinajstić information content (AvgIpc) is 2.32. The molecule has 0 saturated carbocycles. The van der Waals surface area contributed by atoms with Gasteiger partial charge in [0.05, 0.1) is 6.61 Å². The highest BCUT2D eigenvalue weighted by molar-refractivity contribution is 5.66. The van der Waals surface area contributed by atoms with E-state index in [1.807, 2.05) is 13.0 Å². The topological polar surface area (TPSA) is 78.8 Å². The zero-order chi connectivity index (χ0) is 13.4. The van der Waals surface area contributed by atoms with E-state index in [2.05, 4.69) is 5.32 Å². The van der Waals surface area contributed by atoms with Crippen molar-refractivity contribution in [3.8, 4) is 11.5 Å². The van der Waals surface area contributed by atoms with Gasteiger partial charge in [-0.15, -0.1) is 0 Å². The van der Waals surface area contributed by atoms with E-state index in [0.717, 1.165) is 5.56 Å². The van der Waals surface area contributed by atoms with E-state index in [0.29, 0.717) is 31.9 Å². The van der Waals surface area contributed by atoms with Gasteiger partial charge in [0.15, 0.2) is 11.5 Å². The summed E-state index contributed by atoms with van der Waals surface area (Å²) in [5.41, 5.74) is 0.992. The van der Waals surface area contributed by atoms with Gasteiger partial charge in [-0.2, -0.15) is 0 Å². The maximum absolute atomic E-state index is 10.3. The monoisotopic (exact) mass is 253 g/mol. The van der Waals surface area contributed by atoms with Crippen LogP contribution in [0.2, 0.25) is 0 Å². The zero-order valence-electron chi connectivity index (χ0n) is 10.5. The molecule has 0 amide bonds. The van der Waals surface area contributed by atoms with Crippen LogP contribution in [0.15, 0.2) is 18.2 Å².